The van der Waals surface area contributed by atoms with Crippen LogP contribution in [0.1, 0.15) is 45.6 Å². The summed E-state index contributed by atoms with van der Waals surface area (Å²) in [7, 11) is 1.85. The molecule has 1 saturated heterocycles. The Morgan fingerprint density at radius 2 is 2.04 bits per heavy atom. The number of hydrogen-bond donors (Lipinski definition) is 0. The number of amides is 2. The lowest BCUT2D eigenvalue weighted by atomic mass is 9.95. The molecule has 0 radical (unpaired) electrons. The van der Waals surface area contributed by atoms with E-state index >= 15 is 0 Å². The fourth-order valence-corrected chi connectivity index (χ4v) is 3.25. The molecule has 2 amide bonds. The maximum Gasteiger partial charge on any atom is 0.324 e. The lowest BCUT2D eigenvalue weighted by molar-refractivity contribution is 0.0903. The second kappa shape index (κ2) is 8.02. The predicted octanol–water partition coefficient (Wildman–Crippen LogP) is 4.74. The van der Waals surface area contributed by atoms with Crippen molar-refractivity contribution >= 4 is 12.2 Å². The van der Waals surface area contributed by atoms with Crippen LogP contribution in [-0.4, -0.2) is 41.2 Å². The largest absolute Gasteiger partial charge is 0.324 e. The summed E-state index contributed by atoms with van der Waals surface area (Å²) in [6.07, 6.45) is 6.25. The highest BCUT2D eigenvalue weighted by molar-refractivity contribution is 5.89. The molecule has 2 heterocycles. The Balaban J connectivity index is 1.83. The van der Waals surface area contributed by atoms with Crippen LogP contribution in [-0.2, 0) is 0 Å². The van der Waals surface area contributed by atoms with Crippen molar-refractivity contribution in [2.45, 2.75) is 45.6 Å². The van der Waals surface area contributed by atoms with Crippen LogP contribution in [0, 0.1) is 17.7 Å². The van der Waals surface area contributed by atoms with Gasteiger partial charge in [-0.1, -0.05) is 12.0 Å². The summed E-state index contributed by atoms with van der Waals surface area (Å²) in [6, 6.07) is 6.20. The summed E-state index contributed by atoms with van der Waals surface area (Å²) in [5.74, 6) is 5.67. The fourth-order valence-electron chi connectivity index (χ4n) is 3.25. The first-order chi connectivity index (χ1) is 13.3. The summed E-state index contributed by atoms with van der Waals surface area (Å²) in [5, 5.41) is 0. The van der Waals surface area contributed by atoms with Gasteiger partial charge in [0.25, 0.3) is 0 Å². The Bertz CT molecular complexity index is 931. The number of halogens is 1. The van der Waals surface area contributed by atoms with Gasteiger partial charge in [-0.05, 0) is 75.8 Å². The number of aliphatic imine (C=N–C) groups is 1. The third-order valence-electron chi connectivity index (χ3n) is 5.44. The van der Waals surface area contributed by atoms with Crippen LogP contribution < -0.4 is 0 Å². The normalized spacial score (nSPS) is 19.6. The second-order valence-electron chi connectivity index (χ2n) is 7.87. The van der Waals surface area contributed by atoms with Gasteiger partial charge in [-0.15, -0.1) is 0 Å². The molecule has 2 aliphatic heterocycles. The van der Waals surface area contributed by atoms with Gasteiger partial charge in [0, 0.05) is 24.7 Å². The van der Waals surface area contributed by atoms with Gasteiger partial charge in [0.15, 0.2) is 0 Å². The molecule has 28 heavy (non-hydrogen) atoms. The maximum atomic E-state index is 13.3. The molecule has 1 aromatic rings. The van der Waals surface area contributed by atoms with E-state index in [1.165, 1.54) is 12.1 Å². The average molecular weight is 379 g/mol. The standard InChI is InChI=1S/C23H26FN3O/c1-17-7-5-10-20(12-11-18-8-6-9-19(24)15-18)25-16-21(17)27-14-13-23(2,3)26(4)22(27)28/h6,8-10,15-16H,5,7,13-14H2,1-4H3. The van der Waals surface area contributed by atoms with Crippen molar-refractivity contribution in [2.75, 3.05) is 13.6 Å². The number of hydrogen-bond acceptors (Lipinski definition) is 2. The third kappa shape index (κ3) is 4.33. The van der Waals surface area contributed by atoms with Gasteiger partial charge in [0.05, 0.1) is 11.9 Å². The molecule has 2 aliphatic rings. The maximum absolute atomic E-state index is 13.3. The molecule has 0 aliphatic carbocycles. The number of allylic oxidation sites excluding steroid dienone is 4. The molecule has 0 unspecified atom stereocenters. The number of carbonyl (C=O) groups is 1. The van der Waals surface area contributed by atoms with Crippen molar-refractivity contribution in [1.82, 2.24) is 9.80 Å². The van der Waals surface area contributed by atoms with Crippen molar-refractivity contribution in [3.05, 3.63) is 58.7 Å². The minimum atomic E-state index is -0.307. The fraction of sp³-hybridized carbons (Fsp3) is 0.391. The van der Waals surface area contributed by atoms with Crippen molar-refractivity contribution in [3.63, 3.8) is 0 Å². The van der Waals surface area contributed by atoms with E-state index in [0.29, 0.717) is 17.8 Å². The predicted molar refractivity (Wildman–Crippen MR) is 110 cm³/mol. The molecule has 4 nitrogen and oxygen atoms in total. The Hall–Kier alpha value is -2.87. The lowest BCUT2D eigenvalue weighted by Crippen LogP contribution is -2.57. The van der Waals surface area contributed by atoms with Crippen molar-refractivity contribution in [3.8, 4) is 11.8 Å². The zero-order chi connectivity index (χ0) is 20.3. The van der Waals surface area contributed by atoms with Gasteiger partial charge in [-0.25, -0.2) is 14.2 Å². The highest BCUT2D eigenvalue weighted by Gasteiger charge is 2.37. The first-order valence-corrected chi connectivity index (χ1v) is 9.55. The number of carbonyl (C=O) groups excluding carboxylic acids is 1. The molecule has 146 valence electrons. The van der Waals surface area contributed by atoms with E-state index in [9.17, 15) is 9.18 Å². The van der Waals surface area contributed by atoms with Crippen LogP contribution in [0.3, 0.4) is 0 Å². The molecule has 0 spiro atoms. The third-order valence-corrected chi connectivity index (χ3v) is 5.44. The first kappa shape index (κ1) is 19.9. The summed E-state index contributed by atoms with van der Waals surface area (Å²) >= 11 is 0. The van der Waals surface area contributed by atoms with Crippen LogP contribution in [0.2, 0.25) is 0 Å². The van der Waals surface area contributed by atoms with Gasteiger partial charge in [0.1, 0.15) is 11.5 Å². The van der Waals surface area contributed by atoms with E-state index in [1.807, 2.05) is 24.9 Å². The first-order valence-electron chi connectivity index (χ1n) is 9.55. The van der Waals surface area contributed by atoms with E-state index < -0.39 is 0 Å². The van der Waals surface area contributed by atoms with E-state index in [1.54, 1.807) is 23.2 Å². The average Bonchev–Trinajstić information content (AvgIpc) is 2.64. The molecule has 0 aromatic heterocycles. The van der Waals surface area contributed by atoms with Gasteiger partial charge >= 0.3 is 6.03 Å². The van der Waals surface area contributed by atoms with Crippen LogP contribution in [0.25, 0.3) is 0 Å². The summed E-state index contributed by atoms with van der Waals surface area (Å²) in [4.78, 5) is 21.0. The van der Waals surface area contributed by atoms with Gasteiger partial charge in [-0.3, -0.25) is 4.90 Å². The van der Waals surface area contributed by atoms with Crippen LogP contribution >= 0.6 is 0 Å². The molecule has 0 N–H and O–H groups in total. The molecule has 1 fully saturated rings. The second-order valence-corrected chi connectivity index (χ2v) is 7.87. The topological polar surface area (TPSA) is 35.9 Å². The Kier molecular flexibility index (Phi) is 5.69. The van der Waals surface area contributed by atoms with Crippen molar-refractivity contribution in [2.24, 2.45) is 4.99 Å². The van der Waals surface area contributed by atoms with Crippen molar-refractivity contribution < 1.29 is 9.18 Å². The van der Waals surface area contributed by atoms with Gasteiger partial charge < -0.3 is 4.90 Å². The minimum Gasteiger partial charge on any atom is -0.322 e. The lowest BCUT2D eigenvalue weighted by Gasteiger charge is -2.45. The Labute approximate surface area is 166 Å². The van der Waals surface area contributed by atoms with E-state index in [-0.39, 0.29) is 17.4 Å². The number of nitrogens with zero attached hydrogens (tertiary/aromatic N) is 3. The molecule has 1 aromatic carbocycles. The molecular formula is C23H26FN3O. The smallest absolute Gasteiger partial charge is 0.322 e. The molecule has 0 bridgehead atoms. The molecule has 0 atom stereocenters. The minimum absolute atomic E-state index is 0.00556. The van der Waals surface area contributed by atoms with E-state index in [0.717, 1.165) is 30.5 Å². The number of urea groups is 1. The quantitative estimate of drug-likeness (QED) is 0.650. The SMILES string of the molecule is CC1=C(N2CCC(C)(C)N(C)C2=O)C=NC(C#Cc2cccc(F)c2)=CCC1. The van der Waals surface area contributed by atoms with Crippen molar-refractivity contribution in [1.29, 1.82) is 0 Å². The highest BCUT2D eigenvalue weighted by atomic mass is 19.1. The molecular weight excluding hydrogens is 353 g/mol. The van der Waals surface area contributed by atoms with E-state index in [2.05, 4.69) is 30.7 Å². The van der Waals surface area contributed by atoms with Crippen LogP contribution in [0.15, 0.2) is 52.3 Å². The summed E-state index contributed by atoms with van der Waals surface area (Å²) in [5.41, 5.74) is 3.08. The molecule has 5 heteroatoms. The van der Waals surface area contributed by atoms with E-state index in [4.69, 9.17) is 0 Å². The molecule has 3 rings (SSSR count). The number of benzene rings is 1. The summed E-state index contributed by atoms with van der Waals surface area (Å²) in [6.45, 7) is 6.88. The van der Waals surface area contributed by atoms with Gasteiger partial charge in [-0.2, -0.15) is 0 Å². The Morgan fingerprint density at radius 3 is 2.79 bits per heavy atom. The van der Waals surface area contributed by atoms with Crippen LogP contribution in [0.4, 0.5) is 9.18 Å². The highest BCUT2D eigenvalue weighted by Crippen LogP contribution is 2.28. The Morgan fingerprint density at radius 1 is 1.25 bits per heavy atom. The van der Waals surface area contributed by atoms with Crippen LogP contribution in [0.5, 0.6) is 0 Å². The zero-order valence-corrected chi connectivity index (χ0v) is 16.9. The summed E-state index contributed by atoms with van der Waals surface area (Å²) < 4.78 is 13.3. The molecule has 0 saturated carbocycles. The zero-order valence-electron chi connectivity index (χ0n) is 16.9. The monoisotopic (exact) mass is 379 g/mol. The number of rotatable bonds is 1. The van der Waals surface area contributed by atoms with Gasteiger partial charge in [0.2, 0.25) is 0 Å².